The number of aromatic nitrogens is 1. The molecule has 0 fully saturated rings. The van der Waals surface area contributed by atoms with Gasteiger partial charge in [0.25, 0.3) is 5.91 Å². The first-order chi connectivity index (χ1) is 13.4. The van der Waals surface area contributed by atoms with E-state index in [0.717, 1.165) is 16.3 Å². The van der Waals surface area contributed by atoms with Gasteiger partial charge in [-0.3, -0.25) is 4.79 Å². The molecule has 1 amide bonds. The van der Waals surface area contributed by atoms with E-state index >= 15 is 0 Å². The smallest absolute Gasteiger partial charge is 0.255 e. The zero-order valence-corrected chi connectivity index (χ0v) is 17.1. The average Bonchev–Trinajstić information content (AvgIpc) is 3.13. The number of aryl methyl sites for hydroxylation is 1. The summed E-state index contributed by atoms with van der Waals surface area (Å²) >= 11 is 1.59. The number of benzene rings is 2. The van der Waals surface area contributed by atoms with Crippen molar-refractivity contribution in [2.75, 3.05) is 24.8 Å². The van der Waals surface area contributed by atoms with Crippen molar-refractivity contribution in [3.05, 3.63) is 64.5 Å². The third-order valence-electron chi connectivity index (χ3n) is 4.09. The fourth-order valence-corrected chi connectivity index (χ4v) is 4.34. The Balaban J connectivity index is 1.67. The maximum atomic E-state index is 12.4. The summed E-state index contributed by atoms with van der Waals surface area (Å²) in [5.41, 5.74) is 2.92. The van der Waals surface area contributed by atoms with Gasteiger partial charge in [-0.2, -0.15) is 0 Å². The van der Waals surface area contributed by atoms with Crippen molar-refractivity contribution in [3.63, 3.8) is 0 Å². The van der Waals surface area contributed by atoms with Crippen LogP contribution in [0.2, 0.25) is 0 Å². The summed E-state index contributed by atoms with van der Waals surface area (Å²) in [7, 11) is -1.96. The van der Waals surface area contributed by atoms with Gasteiger partial charge in [-0.25, -0.2) is 13.4 Å². The van der Waals surface area contributed by atoms with Gasteiger partial charge in [0.2, 0.25) is 0 Å². The molecule has 2 aromatic carbocycles. The molecular formula is C20H20N2O4S2. The van der Waals surface area contributed by atoms with Crippen molar-refractivity contribution in [2.45, 2.75) is 11.8 Å². The van der Waals surface area contributed by atoms with Crippen LogP contribution in [0.4, 0.5) is 5.69 Å². The van der Waals surface area contributed by atoms with Crippen LogP contribution in [0.1, 0.15) is 15.4 Å². The minimum atomic E-state index is -3.41. The molecule has 0 aliphatic carbocycles. The molecular weight excluding hydrogens is 396 g/mol. The molecule has 0 saturated carbocycles. The molecule has 1 heterocycles. The quantitative estimate of drug-likeness (QED) is 0.633. The van der Waals surface area contributed by atoms with E-state index in [0.29, 0.717) is 11.3 Å². The van der Waals surface area contributed by atoms with Gasteiger partial charge >= 0.3 is 0 Å². The molecule has 8 heteroatoms. The number of sulfone groups is 1. The van der Waals surface area contributed by atoms with E-state index in [1.807, 2.05) is 36.6 Å². The Kier molecular flexibility index (Phi) is 6.23. The molecule has 6 nitrogen and oxygen atoms in total. The molecule has 0 saturated heterocycles. The highest BCUT2D eigenvalue weighted by Gasteiger charge is 2.15. The van der Waals surface area contributed by atoms with Gasteiger partial charge in [0, 0.05) is 29.3 Å². The second-order valence-electron chi connectivity index (χ2n) is 6.12. The van der Waals surface area contributed by atoms with E-state index in [9.17, 15) is 13.2 Å². The van der Waals surface area contributed by atoms with Crippen LogP contribution in [-0.4, -0.2) is 38.8 Å². The summed E-state index contributed by atoms with van der Waals surface area (Å²) in [5, 5.41) is 5.80. The molecule has 146 valence electrons. The van der Waals surface area contributed by atoms with Gasteiger partial charge in [-0.05, 0) is 43.3 Å². The lowest BCUT2D eigenvalue weighted by molar-refractivity contribution is 0.102. The SMILES string of the molecule is COCCS(=O)(=O)c1ccc(C(=O)Nc2ccc(-c3csc(C)n3)cc2)cc1. The number of carbonyl (C=O) groups excluding carboxylic acids is 1. The Morgan fingerprint density at radius 1 is 1.11 bits per heavy atom. The van der Waals surface area contributed by atoms with Crippen LogP contribution >= 0.6 is 11.3 Å². The third-order valence-corrected chi connectivity index (χ3v) is 6.56. The number of nitrogens with zero attached hydrogens (tertiary/aromatic N) is 1. The molecule has 0 aliphatic rings. The largest absolute Gasteiger partial charge is 0.384 e. The standard InChI is InChI=1S/C20H20N2O4S2/c1-14-21-19(13-27-14)15-3-7-17(8-4-15)22-20(23)16-5-9-18(10-6-16)28(24,25)12-11-26-2/h3-10,13H,11-12H2,1-2H3,(H,22,23). The zero-order chi connectivity index (χ0) is 20.1. The average molecular weight is 417 g/mol. The number of carbonyl (C=O) groups is 1. The summed E-state index contributed by atoms with van der Waals surface area (Å²) in [6, 6.07) is 13.3. The van der Waals surface area contributed by atoms with Crippen molar-refractivity contribution in [3.8, 4) is 11.3 Å². The molecule has 1 N–H and O–H groups in total. The topological polar surface area (TPSA) is 85.4 Å². The van der Waals surface area contributed by atoms with E-state index in [-0.39, 0.29) is 23.2 Å². The Morgan fingerprint density at radius 3 is 2.36 bits per heavy atom. The van der Waals surface area contributed by atoms with Gasteiger partial charge in [-0.1, -0.05) is 12.1 Å². The first-order valence-corrected chi connectivity index (χ1v) is 11.1. The van der Waals surface area contributed by atoms with Crippen LogP contribution in [-0.2, 0) is 14.6 Å². The van der Waals surface area contributed by atoms with E-state index in [2.05, 4.69) is 10.3 Å². The van der Waals surface area contributed by atoms with Crippen LogP contribution in [0.15, 0.2) is 58.8 Å². The molecule has 0 atom stereocenters. The number of thiazole rings is 1. The van der Waals surface area contributed by atoms with Gasteiger partial charge in [-0.15, -0.1) is 11.3 Å². The third kappa shape index (κ3) is 4.83. The highest BCUT2D eigenvalue weighted by molar-refractivity contribution is 7.91. The molecule has 28 heavy (non-hydrogen) atoms. The lowest BCUT2D eigenvalue weighted by Crippen LogP contribution is -2.14. The highest BCUT2D eigenvalue weighted by Crippen LogP contribution is 2.23. The van der Waals surface area contributed by atoms with Gasteiger partial charge < -0.3 is 10.1 Å². The van der Waals surface area contributed by atoms with Gasteiger partial charge in [0.05, 0.1) is 28.0 Å². The van der Waals surface area contributed by atoms with Crippen LogP contribution in [0.5, 0.6) is 0 Å². The van der Waals surface area contributed by atoms with Gasteiger partial charge in [0.1, 0.15) is 0 Å². The van der Waals surface area contributed by atoms with Crippen LogP contribution in [0.3, 0.4) is 0 Å². The lowest BCUT2D eigenvalue weighted by atomic mass is 10.1. The van der Waals surface area contributed by atoms with Crippen molar-refractivity contribution in [1.29, 1.82) is 0 Å². The van der Waals surface area contributed by atoms with E-state index in [4.69, 9.17) is 4.74 Å². The number of ether oxygens (including phenoxy) is 1. The van der Waals surface area contributed by atoms with Crippen molar-refractivity contribution in [1.82, 2.24) is 4.98 Å². The Hall–Kier alpha value is -2.55. The normalized spacial score (nSPS) is 11.4. The number of hydrogen-bond donors (Lipinski definition) is 1. The second kappa shape index (κ2) is 8.64. The monoisotopic (exact) mass is 416 g/mol. The predicted octanol–water partition coefficient (Wildman–Crippen LogP) is 3.79. The van der Waals surface area contributed by atoms with E-state index in [1.54, 1.807) is 11.3 Å². The number of rotatable bonds is 7. The molecule has 3 rings (SSSR count). The molecule has 3 aromatic rings. The Bertz CT molecular complexity index is 1060. The number of amides is 1. The van der Waals surface area contributed by atoms with E-state index < -0.39 is 9.84 Å². The Morgan fingerprint density at radius 2 is 1.79 bits per heavy atom. The number of nitrogens with one attached hydrogen (secondary N) is 1. The second-order valence-corrected chi connectivity index (χ2v) is 9.29. The number of anilines is 1. The summed E-state index contributed by atoms with van der Waals surface area (Å²) in [5.74, 6) is -0.405. The summed E-state index contributed by atoms with van der Waals surface area (Å²) in [6.07, 6.45) is 0. The van der Waals surface area contributed by atoms with Crippen molar-refractivity contribution >= 4 is 32.8 Å². The zero-order valence-electron chi connectivity index (χ0n) is 15.5. The predicted molar refractivity (Wildman–Crippen MR) is 111 cm³/mol. The fraction of sp³-hybridized carbons (Fsp3) is 0.200. The van der Waals surface area contributed by atoms with E-state index in [1.165, 1.54) is 31.4 Å². The molecule has 1 aromatic heterocycles. The first kappa shape index (κ1) is 20.2. The highest BCUT2D eigenvalue weighted by atomic mass is 32.2. The maximum Gasteiger partial charge on any atom is 0.255 e. The lowest BCUT2D eigenvalue weighted by Gasteiger charge is -2.08. The maximum absolute atomic E-state index is 12.4. The van der Waals surface area contributed by atoms with Crippen LogP contribution < -0.4 is 5.32 Å². The number of hydrogen-bond acceptors (Lipinski definition) is 6. The molecule has 0 bridgehead atoms. The fourth-order valence-electron chi connectivity index (χ4n) is 2.55. The minimum absolute atomic E-state index is 0.0973. The van der Waals surface area contributed by atoms with Crippen LogP contribution in [0.25, 0.3) is 11.3 Å². The van der Waals surface area contributed by atoms with Crippen molar-refractivity contribution in [2.24, 2.45) is 0 Å². The summed E-state index contributed by atoms with van der Waals surface area (Å²) in [6.45, 7) is 2.08. The molecule has 0 spiro atoms. The van der Waals surface area contributed by atoms with Gasteiger partial charge in [0.15, 0.2) is 9.84 Å². The van der Waals surface area contributed by atoms with Crippen LogP contribution in [0, 0.1) is 6.92 Å². The van der Waals surface area contributed by atoms with Crippen molar-refractivity contribution < 1.29 is 17.9 Å². The molecule has 0 unspecified atom stereocenters. The summed E-state index contributed by atoms with van der Waals surface area (Å²) < 4.78 is 29.1. The summed E-state index contributed by atoms with van der Waals surface area (Å²) in [4.78, 5) is 17.0. The number of methoxy groups -OCH3 is 1. The molecule has 0 radical (unpaired) electrons. The first-order valence-electron chi connectivity index (χ1n) is 8.55. The molecule has 0 aliphatic heterocycles. The Labute approximate surface area is 168 Å². The minimum Gasteiger partial charge on any atom is -0.384 e.